The summed E-state index contributed by atoms with van der Waals surface area (Å²) >= 11 is 0. The highest BCUT2D eigenvalue weighted by Gasteiger charge is 2.33. The number of carbonyl (C=O) groups excluding carboxylic acids is 1. The van der Waals surface area contributed by atoms with Gasteiger partial charge in [0.05, 0.1) is 0 Å². The molecule has 0 spiro atoms. The third kappa shape index (κ3) is 7.59. The van der Waals surface area contributed by atoms with Crippen molar-refractivity contribution in [2.75, 3.05) is 65.6 Å². The van der Waals surface area contributed by atoms with Gasteiger partial charge in [-0.1, -0.05) is 12.8 Å². The molecule has 1 aliphatic heterocycles. The van der Waals surface area contributed by atoms with Crippen molar-refractivity contribution < 1.29 is 9.53 Å². The number of guanidine groups is 1. The first-order chi connectivity index (χ1) is 13.6. The molecule has 0 aromatic carbocycles. The zero-order valence-corrected chi connectivity index (χ0v) is 18.3. The number of amides is 1. The first kappa shape index (κ1) is 22.9. The number of nitrogens with zero attached hydrogens (tertiary/aromatic N) is 3. The molecule has 0 bridgehead atoms. The second kappa shape index (κ2) is 12.3. The van der Waals surface area contributed by atoms with E-state index in [1.807, 2.05) is 4.90 Å². The molecule has 1 saturated heterocycles. The van der Waals surface area contributed by atoms with E-state index in [1.54, 1.807) is 6.92 Å². The normalized spacial score (nSPS) is 20.4. The van der Waals surface area contributed by atoms with Crippen LogP contribution in [0.1, 0.15) is 52.9 Å². The first-order valence-corrected chi connectivity index (χ1v) is 11.2. The second-order valence-corrected chi connectivity index (χ2v) is 8.12. The van der Waals surface area contributed by atoms with Gasteiger partial charge in [0.15, 0.2) is 5.96 Å². The predicted octanol–water partition coefficient (Wildman–Crippen LogP) is 1.69. The molecule has 2 N–H and O–H groups in total. The molecule has 1 aliphatic carbocycles. The van der Waals surface area contributed by atoms with E-state index in [2.05, 4.69) is 29.4 Å². The number of ether oxygens (including phenoxy) is 1. The Balaban J connectivity index is 1.77. The maximum Gasteiger partial charge on any atom is 0.219 e. The number of carbonyl (C=O) groups is 1. The van der Waals surface area contributed by atoms with Crippen molar-refractivity contribution in [3.05, 3.63) is 0 Å². The molecule has 1 heterocycles. The highest BCUT2D eigenvalue weighted by Crippen LogP contribution is 2.41. The van der Waals surface area contributed by atoms with Crippen LogP contribution in [0.2, 0.25) is 0 Å². The molecule has 7 nitrogen and oxygen atoms in total. The lowest BCUT2D eigenvalue weighted by molar-refractivity contribution is -0.130. The fourth-order valence-corrected chi connectivity index (χ4v) is 4.25. The lowest BCUT2D eigenvalue weighted by atomic mass is 9.83. The smallest absolute Gasteiger partial charge is 0.219 e. The molecule has 28 heavy (non-hydrogen) atoms. The summed E-state index contributed by atoms with van der Waals surface area (Å²) < 4.78 is 5.62. The average molecular weight is 396 g/mol. The summed E-state index contributed by atoms with van der Waals surface area (Å²) in [7, 11) is 0. The summed E-state index contributed by atoms with van der Waals surface area (Å²) in [5.74, 6) is 1.11. The van der Waals surface area contributed by atoms with Gasteiger partial charge >= 0.3 is 0 Å². The molecule has 0 radical (unpaired) electrons. The van der Waals surface area contributed by atoms with Crippen LogP contribution in [0, 0.1) is 5.41 Å². The van der Waals surface area contributed by atoms with Crippen LogP contribution in [0.25, 0.3) is 0 Å². The summed E-state index contributed by atoms with van der Waals surface area (Å²) in [4.78, 5) is 20.7. The van der Waals surface area contributed by atoms with Crippen LogP contribution in [0.5, 0.6) is 0 Å². The Morgan fingerprint density at radius 1 is 1.11 bits per heavy atom. The minimum absolute atomic E-state index is 0.185. The lowest BCUT2D eigenvalue weighted by Gasteiger charge is -2.34. The molecule has 0 atom stereocenters. The molecular formula is C21H41N5O2. The van der Waals surface area contributed by atoms with Gasteiger partial charge in [0.1, 0.15) is 0 Å². The van der Waals surface area contributed by atoms with E-state index in [0.29, 0.717) is 5.41 Å². The summed E-state index contributed by atoms with van der Waals surface area (Å²) in [6.07, 6.45) is 6.28. The Kier molecular flexibility index (Phi) is 10.1. The van der Waals surface area contributed by atoms with Crippen molar-refractivity contribution in [3.8, 4) is 0 Å². The molecule has 2 aliphatic rings. The van der Waals surface area contributed by atoms with Crippen molar-refractivity contribution in [2.24, 2.45) is 10.4 Å². The SMILES string of the molecule is CCNC(=NCC1(CCOCC)CCCC1)NCCN1CCN(C(C)=O)CC1. The van der Waals surface area contributed by atoms with Crippen LogP contribution >= 0.6 is 0 Å². The third-order valence-electron chi connectivity index (χ3n) is 6.10. The van der Waals surface area contributed by atoms with Crippen LogP contribution in [0.3, 0.4) is 0 Å². The maximum atomic E-state index is 11.4. The Morgan fingerprint density at radius 2 is 1.82 bits per heavy atom. The molecule has 0 aromatic rings. The van der Waals surface area contributed by atoms with Crippen molar-refractivity contribution in [2.45, 2.75) is 52.9 Å². The van der Waals surface area contributed by atoms with Gasteiger partial charge in [-0.25, -0.2) is 0 Å². The van der Waals surface area contributed by atoms with Gasteiger partial charge in [-0.15, -0.1) is 0 Å². The van der Waals surface area contributed by atoms with Gasteiger partial charge in [0.2, 0.25) is 5.91 Å². The molecule has 2 fully saturated rings. The van der Waals surface area contributed by atoms with Gasteiger partial charge < -0.3 is 20.3 Å². The van der Waals surface area contributed by atoms with Crippen LogP contribution in [0.4, 0.5) is 0 Å². The Labute approximate surface area is 171 Å². The number of piperazine rings is 1. The van der Waals surface area contributed by atoms with Gasteiger partial charge in [0.25, 0.3) is 0 Å². The topological polar surface area (TPSA) is 69.2 Å². The highest BCUT2D eigenvalue weighted by molar-refractivity contribution is 5.79. The van der Waals surface area contributed by atoms with E-state index in [9.17, 15) is 4.79 Å². The second-order valence-electron chi connectivity index (χ2n) is 8.12. The van der Waals surface area contributed by atoms with Crippen molar-refractivity contribution in [1.29, 1.82) is 0 Å². The molecule has 0 unspecified atom stereocenters. The summed E-state index contributed by atoms with van der Waals surface area (Å²) in [6.45, 7) is 14.7. The molecular weight excluding hydrogens is 354 g/mol. The van der Waals surface area contributed by atoms with Crippen LogP contribution < -0.4 is 10.6 Å². The van der Waals surface area contributed by atoms with Crippen molar-refractivity contribution >= 4 is 11.9 Å². The number of hydrogen-bond acceptors (Lipinski definition) is 4. The number of nitrogens with one attached hydrogen (secondary N) is 2. The minimum atomic E-state index is 0.185. The van der Waals surface area contributed by atoms with Crippen molar-refractivity contribution in [1.82, 2.24) is 20.4 Å². The third-order valence-corrected chi connectivity index (χ3v) is 6.10. The van der Waals surface area contributed by atoms with Gasteiger partial charge in [-0.2, -0.15) is 0 Å². The van der Waals surface area contributed by atoms with Crippen LogP contribution in [0.15, 0.2) is 4.99 Å². The van der Waals surface area contributed by atoms with Crippen molar-refractivity contribution in [3.63, 3.8) is 0 Å². The van der Waals surface area contributed by atoms with Crippen LogP contribution in [-0.2, 0) is 9.53 Å². The molecule has 0 aromatic heterocycles. The number of hydrogen-bond donors (Lipinski definition) is 2. The van der Waals surface area contributed by atoms with E-state index < -0.39 is 0 Å². The molecule has 162 valence electrons. The number of aliphatic imine (C=N–C) groups is 1. The van der Waals surface area contributed by atoms with Crippen LogP contribution in [-0.4, -0.2) is 87.2 Å². The van der Waals surface area contributed by atoms with Gasteiger partial charge in [-0.3, -0.25) is 14.7 Å². The zero-order valence-electron chi connectivity index (χ0n) is 18.3. The average Bonchev–Trinajstić information content (AvgIpc) is 3.16. The highest BCUT2D eigenvalue weighted by atomic mass is 16.5. The fraction of sp³-hybridized carbons (Fsp3) is 0.905. The molecule has 7 heteroatoms. The van der Waals surface area contributed by atoms with E-state index >= 15 is 0 Å². The summed E-state index contributed by atoms with van der Waals surface area (Å²) in [6, 6.07) is 0. The zero-order chi connectivity index (χ0) is 20.2. The quantitative estimate of drug-likeness (QED) is 0.335. The minimum Gasteiger partial charge on any atom is -0.382 e. The molecule has 1 saturated carbocycles. The molecule has 2 rings (SSSR count). The Bertz CT molecular complexity index is 483. The van der Waals surface area contributed by atoms with E-state index in [4.69, 9.17) is 9.73 Å². The summed E-state index contributed by atoms with van der Waals surface area (Å²) in [5.41, 5.74) is 0.320. The number of rotatable bonds is 10. The lowest BCUT2D eigenvalue weighted by Crippen LogP contribution is -2.50. The monoisotopic (exact) mass is 395 g/mol. The van der Waals surface area contributed by atoms with E-state index in [0.717, 1.165) is 78.0 Å². The summed E-state index contributed by atoms with van der Waals surface area (Å²) in [5, 5.41) is 6.88. The standard InChI is InChI=1S/C21H41N5O2/c1-4-22-20(23-11-12-25-13-15-26(16-14-25)19(3)27)24-18-21(8-6-7-9-21)10-17-28-5-2/h4-18H2,1-3H3,(H2,22,23,24). The fourth-order valence-electron chi connectivity index (χ4n) is 4.25. The largest absolute Gasteiger partial charge is 0.382 e. The first-order valence-electron chi connectivity index (χ1n) is 11.2. The van der Waals surface area contributed by atoms with Gasteiger partial charge in [0, 0.05) is 72.5 Å². The van der Waals surface area contributed by atoms with E-state index in [-0.39, 0.29) is 5.91 Å². The Hall–Kier alpha value is -1.34. The van der Waals surface area contributed by atoms with E-state index in [1.165, 1.54) is 25.7 Å². The maximum absolute atomic E-state index is 11.4. The molecule has 1 amide bonds. The Morgan fingerprint density at radius 3 is 2.43 bits per heavy atom. The predicted molar refractivity (Wildman–Crippen MR) is 115 cm³/mol. The van der Waals surface area contributed by atoms with Gasteiger partial charge in [-0.05, 0) is 38.5 Å².